The summed E-state index contributed by atoms with van der Waals surface area (Å²) in [4.78, 5) is 20.0. The van der Waals surface area contributed by atoms with E-state index >= 15 is 0 Å². The number of fused-ring (bicyclic) bond motifs is 6. The first-order valence-corrected chi connectivity index (χ1v) is 19.9. The third-order valence-electron chi connectivity index (χ3n) is 11.4. The van der Waals surface area contributed by atoms with Crippen LogP contribution in [0.3, 0.4) is 0 Å². The SMILES string of the molecule is N#Cc1ccc(-c2ccc(-c3cc4c5cccnc5c(-c5cccc(-c6nc(-c7ccccc7)nc(-c7ccccc7)n6)c5)cc4c4ccccc34)cc2)c2ccccc12. The van der Waals surface area contributed by atoms with Gasteiger partial charge in [-0.3, -0.25) is 4.98 Å². The molecule has 0 radical (unpaired) electrons. The number of benzene rings is 9. The molecule has 0 aliphatic rings. The van der Waals surface area contributed by atoms with Gasteiger partial charge < -0.3 is 0 Å². The first-order chi connectivity index (χ1) is 29.7. The van der Waals surface area contributed by atoms with E-state index in [1.165, 1.54) is 10.8 Å². The monoisotopic (exact) mass is 763 g/mol. The molecule has 5 heteroatoms. The molecule has 0 saturated heterocycles. The van der Waals surface area contributed by atoms with E-state index in [1.54, 1.807) is 0 Å². The van der Waals surface area contributed by atoms with E-state index in [2.05, 4.69) is 109 Å². The molecule has 0 unspecified atom stereocenters. The summed E-state index contributed by atoms with van der Waals surface area (Å²) in [7, 11) is 0. The van der Waals surface area contributed by atoms with E-state index in [1.807, 2.05) is 97.2 Å². The lowest BCUT2D eigenvalue weighted by molar-refractivity contribution is 1.07. The van der Waals surface area contributed by atoms with Gasteiger partial charge in [0.15, 0.2) is 17.5 Å². The summed E-state index contributed by atoms with van der Waals surface area (Å²) in [6, 6.07) is 69.3. The molecule has 9 aromatic carbocycles. The zero-order valence-corrected chi connectivity index (χ0v) is 32.3. The molecule has 0 N–H and O–H groups in total. The Labute approximate surface area is 346 Å². The van der Waals surface area contributed by atoms with E-state index in [0.717, 1.165) is 82.5 Å². The van der Waals surface area contributed by atoms with Gasteiger partial charge in [0, 0.05) is 39.2 Å². The van der Waals surface area contributed by atoms with E-state index in [4.69, 9.17) is 19.9 Å². The summed E-state index contributed by atoms with van der Waals surface area (Å²) in [5.74, 6) is 1.86. The van der Waals surface area contributed by atoms with E-state index in [9.17, 15) is 5.26 Å². The van der Waals surface area contributed by atoms with Crippen LogP contribution in [-0.4, -0.2) is 19.9 Å². The second-order valence-corrected chi connectivity index (χ2v) is 14.9. The molecule has 11 rings (SSSR count). The van der Waals surface area contributed by atoms with Gasteiger partial charge in [-0.2, -0.15) is 5.26 Å². The third kappa shape index (κ3) is 6.03. The van der Waals surface area contributed by atoms with Crippen molar-refractivity contribution in [1.29, 1.82) is 5.26 Å². The molecular formula is C55H33N5. The van der Waals surface area contributed by atoms with Gasteiger partial charge >= 0.3 is 0 Å². The summed E-state index contributed by atoms with van der Waals surface area (Å²) >= 11 is 0. The van der Waals surface area contributed by atoms with Gasteiger partial charge in [-0.05, 0) is 85.1 Å². The lowest BCUT2D eigenvalue weighted by atomic mass is 9.88. The average molecular weight is 764 g/mol. The van der Waals surface area contributed by atoms with Crippen LogP contribution >= 0.6 is 0 Å². The minimum Gasteiger partial charge on any atom is -0.256 e. The summed E-state index contributed by atoms with van der Waals surface area (Å²) in [6.45, 7) is 0. The summed E-state index contributed by atoms with van der Waals surface area (Å²) in [6.07, 6.45) is 1.87. The van der Waals surface area contributed by atoms with Crippen LogP contribution < -0.4 is 0 Å². The van der Waals surface area contributed by atoms with Crippen LogP contribution in [-0.2, 0) is 0 Å². The van der Waals surface area contributed by atoms with Crippen LogP contribution in [0.25, 0.3) is 111 Å². The number of hydrogen-bond donors (Lipinski definition) is 0. The largest absolute Gasteiger partial charge is 0.256 e. The minimum atomic E-state index is 0.607. The van der Waals surface area contributed by atoms with E-state index < -0.39 is 0 Å². The van der Waals surface area contributed by atoms with Gasteiger partial charge in [0.1, 0.15) is 0 Å². The van der Waals surface area contributed by atoms with Gasteiger partial charge in [-0.1, -0.05) is 164 Å². The van der Waals surface area contributed by atoms with Gasteiger partial charge in [-0.15, -0.1) is 0 Å². The van der Waals surface area contributed by atoms with Crippen molar-refractivity contribution >= 4 is 43.2 Å². The van der Waals surface area contributed by atoms with Crippen molar-refractivity contribution in [1.82, 2.24) is 19.9 Å². The standard InChI is InChI=1S/C55H33N5/c56-34-41-28-29-43(44-20-8-7-19-42(41)44)35-24-26-36(27-25-35)48-32-51-47-23-12-30-57-52(47)49(33-50(51)46-22-10-9-21-45(46)48)39-17-11-18-40(31-39)55-59-53(37-13-3-1-4-14-37)58-54(60-55)38-15-5-2-6-16-38/h1-33H. The Morgan fingerprint density at radius 2 is 0.817 bits per heavy atom. The van der Waals surface area contributed by atoms with Gasteiger partial charge in [0.05, 0.1) is 17.1 Å². The highest BCUT2D eigenvalue weighted by Crippen LogP contribution is 2.42. The smallest absolute Gasteiger partial charge is 0.164 e. The number of pyridine rings is 1. The van der Waals surface area contributed by atoms with Crippen LogP contribution in [0.5, 0.6) is 0 Å². The molecule has 0 aliphatic carbocycles. The average Bonchev–Trinajstić information content (AvgIpc) is 3.33. The molecule has 0 spiro atoms. The fourth-order valence-electron chi connectivity index (χ4n) is 8.53. The number of nitrogens with zero attached hydrogens (tertiary/aromatic N) is 5. The Bertz CT molecular complexity index is 3420. The molecule has 278 valence electrons. The number of nitriles is 1. The van der Waals surface area contributed by atoms with Gasteiger partial charge in [0.25, 0.3) is 0 Å². The molecule has 0 amide bonds. The van der Waals surface area contributed by atoms with Crippen molar-refractivity contribution in [2.45, 2.75) is 0 Å². The molecule has 2 aromatic heterocycles. The molecule has 2 heterocycles. The number of aromatic nitrogens is 4. The molecule has 0 bridgehead atoms. The van der Waals surface area contributed by atoms with E-state index in [-0.39, 0.29) is 0 Å². The van der Waals surface area contributed by atoms with Crippen LogP contribution in [0.15, 0.2) is 200 Å². The van der Waals surface area contributed by atoms with Crippen LogP contribution in [0.1, 0.15) is 5.56 Å². The maximum Gasteiger partial charge on any atom is 0.164 e. The van der Waals surface area contributed by atoms with Crippen LogP contribution in [0.2, 0.25) is 0 Å². The highest BCUT2D eigenvalue weighted by molar-refractivity contribution is 6.23. The zero-order chi connectivity index (χ0) is 40.0. The van der Waals surface area contributed by atoms with E-state index in [0.29, 0.717) is 23.0 Å². The summed E-state index contributed by atoms with van der Waals surface area (Å²) in [5.41, 5.74) is 10.9. The van der Waals surface area contributed by atoms with Gasteiger partial charge in [0.2, 0.25) is 0 Å². The first kappa shape index (κ1) is 34.9. The quantitative estimate of drug-likeness (QED) is 0.158. The second-order valence-electron chi connectivity index (χ2n) is 14.9. The van der Waals surface area contributed by atoms with Crippen molar-refractivity contribution in [3.05, 3.63) is 206 Å². The lowest BCUT2D eigenvalue weighted by Crippen LogP contribution is -2.00. The third-order valence-corrected chi connectivity index (χ3v) is 11.4. The Morgan fingerprint density at radius 1 is 0.317 bits per heavy atom. The number of rotatable bonds is 6. The molecule has 0 aliphatic heterocycles. The summed E-state index contributed by atoms with van der Waals surface area (Å²) < 4.78 is 0. The Kier molecular flexibility index (Phi) is 8.46. The molecule has 0 fully saturated rings. The maximum absolute atomic E-state index is 9.74. The minimum absolute atomic E-state index is 0.607. The second kappa shape index (κ2) is 14.6. The predicted molar refractivity (Wildman–Crippen MR) is 245 cm³/mol. The highest BCUT2D eigenvalue weighted by atomic mass is 15.0. The lowest BCUT2D eigenvalue weighted by Gasteiger charge is -2.16. The maximum atomic E-state index is 9.74. The predicted octanol–water partition coefficient (Wildman–Crippen LogP) is 13.8. The topological polar surface area (TPSA) is 75.3 Å². The Balaban J connectivity index is 1.05. The van der Waals surface area contributed by atoms with Crippen molar-refractivity contribution in [2.75, 3.05) is 0 Å². The van der Waals surface area contributed by atoms with Crippen molar-refractivity contribution < 1.29 is 0 Å². The van der Waals surface area contributed by atoms with Crippen molar-refractivity contribution in [3.8, 4) is 73.6 Å². The first-order valence-electron chi connectivity index (χ1n) is 19.9. The zero-order valence-electron chi connectivity index (χ0n) is 32.3. The molecule has 0 saturated carbocycles. The van der Waals surface area contributed by atoms with Crippen LogP contribution in [0.4, 0.5) is 0 Å². The number of hydrogen-bond acceptors (Lipinski definition) is 5. The molecule has 0 atom stereocenters. The normalized spacial score (nSPS) is 11.3. The Hall–Kier alpha value is -8.33. The fraction of sp³-hybridized carbons (Fsp3) is 0. The molecule has 11 aromatic rings. The fourth-order valence-corrected chi connectivity index (χ4v) is 8.53. The van der Waals surface area contributed by atoms with Crippen LogP contribution in [0, 0.1) is 11.3 Å². The molecule has 5 nitrogen and oxygen atoms in total. The van der Waals surface area contributed by atoms with Crippen molar-refractivity contribution in [2.24, 2.45) is 0 Å². The Morgan fingerprint density at radius 3 is 1.48 bits per heavy atom. The van der Waals surface area contributed by atoms with Gasteiger partial charge in [-0.25, -0.2) is 15.0 Å². The highest BCUT2D eigenvalue weighted by Gasteiger charge is 2.18. The molecule has 60 heavy (non-hydrogen) atoms. The van der Waals surface area contributed by atoms with Crippen molar-refractivity contribution in [3.63, 3.8) is 0 Å². The summed E-state index contributed by atoms with van der Waals surface area (Å²) in [5, 5.41) is 17.5. The molecular weight excluding hydrogens is 731 g/mol.